The van der Waals surface area contributed by atoms with Crippen molar-refractivity contribution in [3.63, 3.8) is 0 Å². The van der Waals surface area contributed by atoms with Crippen molar-refractivity contribution < 1.29 is 18.3 Å². The first-order valence-corrected chi connectivity index (χ1v) is 8.80. The minimum Gasteiger partial charge on any atom is -0.481 e. The van der Waals surface area contributed by atoms with E-state index in [4.69, 9.17) is 0 Å². The van der Waals surface area contributed by atoms with E-state index in [-0.39, 0.29) is 10.9 Å². The lowest BCUT2D eigenvalue weighted by Crippen LogP contribution is -2.37. The zero-order valence-electron chi connectivity index (χ0n) is 12.6. The number of carbonyl (C=O) groups is 1. The molecular formula is C15H20N2O4S. The van der Waals surface area contributed by atoms with Gasteiger partial charge < -0.3 is 10.0 Å². The number of aliphatic carboxylic acids is 1. The Morgan fingerprint density at radius 2 is 1.86 bits per heavy atom. The summed E-state index contributed by atoms with van der Waals surface area (Å²) in [6.45, 7) is 0. The van der Waals surface area contributed by atoms with Crippen LogP contribution in [0.5, 0.6) is 0 Å². The lowest BCUT2D eigenvalue weighted by atomic mass is 9.89. The molecule has 6 nitrogen and oxygen atoms in total. The highest BCUT2D eigenvalue weighted by molar-refractivity contribution is 7.89. The van der Waals surface area contributed by atoms with Crippen LogP contribution in [0.4, 0.5) is 5.69 Å². The van der Waals surface area contributed by atoms with E-state index >= 15 is 0 Å². The topological polar surface area (TPSA) is 77.9 Å². The van der Waals surface area contributed by atoms with Crippen LogP contribution in [-0.2, 0) is 14.8 Å². The molecule has 3 rings (SSSR count). The number of hydrogen-bond donors (Lipinski definition) is 1. The second-order valence-electron chi connectivity index (χ2n) is 6.20. The Bertz CT molecular complexity index is 684. The first-order valence-electron chi connectivity index (χ1n) is 7.36. The van der Waals surface area contributed by atoms with Crippen molar-refractivity contribution in [3.05, 3.63) is 24.3 Å². The van der Waals surface area contributed by atoms with Crippen molar-refractivity contribution in [2.45, 2.75) is 36.2 Å². The summed E-state index contributed by atoms with van der Waals surface area (Å²) >= 11 is 0. The van der Waals surface area contributed by atoms with Gasteiger partial charge in [0, 0.05) is 31.9 Å². The van der Waals surface area contributed by atoms with Crippen LogP contribution in [0.2, 0.25) is 0 Å². The van der Waals surface area contributed by atoms with Crippen LogP contribution in [0.25, 0.3) is 0 Å². The van der Waals surface area contributed by atoms with Crippen LogP contribution in [0.1, 0.15) is 19.3 Å². The van der Waals surface area contributed by atoms with Crippen LogP contribution in [0.15, 0.2) is 29.2 Å². The number of sulfonamides is 1. The molecule has 120 valence electrons. The van der Waals surface area contributed by atoms with Gasteiger partial charge >= 0.3 is 5.97 Å². The zero-order valence-corrected chi connectivity index (χ0v) is 13.5. The van der Waals surface area contributed by atoms with Gasteiger partial charge in [0.1, 0.15) is 0 Å². The van der Waals surface area contributed by atoms with E-state index in [0.29, 0.717) is 12.8 Å². The second-order valence-corrected chi connectivity index (χ2v) is 8.05. The Balaban J connectivity index is 1.92. The number of nitrogens with zero attached hydrogens (tertiary/aromatic N) is 2. The maximum atomic E-state index is 12.9. The molecule has 7 heteroatoms. The monoisotopic (exact) mass is 324 g/mol. The minimum atomic E-state index is -3.63. The molecule has 2 aliphatic rings. The molecule has 2 heterocycles. The van der Waals surface area contributed by atoms with Crippen LogP contribution in [0, 0.1) is 5.92 Å². The average molecular weight is 324 g/mol. The summed E-state index contributed by atoms with van der Waals surface area (Å²) in [6, 6.07) is 6.14. The summed E-state index contributed by atoms with van der Waals surface area (Å²) in [6.07, 6.45) is 1.81. The fourth-order valence-corrected chi connectivity index (χ4v) is 5.53. The Morgan fingerprint density at radius 1 is 1.23 bits per heavy atom. The molecule has 0 radical (unpaired) electrons. The molecule has 3 atom stereocenters. The van der Waals surface area contributed by atoms with Crippen molar-refractivity contribution in [1.29, 1.82) is 0 Å². The second kappa shape index (κ2) is 5.24. The average Bonchev–Trinajstić information content (AvgIpc) is 3.05. The van der Waals surface area contributed by atoms with E-state index < -0.39 is 28.0 Å². The number of hydrogen-bond acceptors (Lipinski definition) is 4. The van der Waals surface area contributed by atoms with Crippen LogP contribution < -0.4 is 4.90 Å². The fraction of sp³-hybridized carbons (Fsp3) is 0.533. The van der Waals surface area contributed by atoms with Gasteiger partial charge in [0.15, 0.2) is 0 Å². The SMILES string of the molecule is CN(C)c1ccc(S(=O)(=O)N2C3CCC2C(C(=O)O)C3)cc1. The fourth-order valence-electron chi connectivity index (χ4n) is 3.62. The Labute approximate surface area is 130 Å². The molecule has 3 unspecified atom stereocenters. The van der Waals surface area contributed by atoms with Gasteiger partial charge in [-0.3, -0.25) is 4.79 Å². The molecule has 0 saturated carbocycles. The Hall–Kier alpha value is -1.60. The standard InChI is InChI=1S/C15H20N2O4S/c1-16(2)10-3-6-12(7-4-10)22(20,21)17-11-5-8-14(17)13(9-11)15(18)19/h3-4,6-7,11,13-14H,5,8-9H2,1-2H3,(H,18,19). The van der Waals surface area contributed by atoms with Gasteiger partial charge in [-0.1, -0.05) is 0 Å². The summed E-state index contributed by atoms with van der Waals surface area (Å²) in [5, 5.41) is 9.26. The summed E-state index contributed by atoms with van der Waals surface area (Å²) < 4.78 is 27.2. The highest BCUT2D eigenvalue weighted by Crippen LogP contribution is 2.45. The summed E-state index contributed by atoms with van der Waals surface area (Å²) in [5.41, 5.74) is 0.923. The molecule has 22 heavy (non-hydrogen) atoms. The predicted molar refractivity (Wildman–Crippen MR) is 82.3 cm³/mol. The van der Waals surface area contributed by atoms with Crippen LogP contribution in [-0.4, -0.2) is 50.0 Å². The number of fused-ring (bicyclic) bond motifs is 2. The Morgan fingerprint density at radius 3 is 2.36 bits per heavy atom. The molecule has 1 aromatic carbocycles. The number of carboxylic acids is 1. The third-order valence-corrected chi connectivity index (χ3v) is 6.71. The molecule has 0 spiro atoms. The number of rotatable bonds is 4. The zero-order chi connectivity index (χ0) is 16.1. The van der Waals surface area contributed by atoms with Crippen LogP contribution >= 0.6 is 0 Å². The molecule has 2 aliphatic heterocycles. The molecule has 1 N–H and O–H groups in total. The highest BCUT2D eigenvalue weighted by Gasteiger charge is 2.54. The van der Waals surface area contributed by atoms with E-state index in [1.807, 2.05) is 19.0 Å². The van der Waals surface area contributed by atoms with Crippen molar-refractivity contribution in [3.8, 4) is 0 Å². The lowest BCUT2D eigenvalue weighted by molar-refractivity contribution is -0.142. The highest BCUT2D eigenvalue weighted by atomic mass is 32.2. The van der Waals surface area contributed by atoms with Gasteiger partial charge in [-0.2, -0.15) is 4.31 Å². The molecule has 0 aromatic heterocycles. The first-order chi connectivity index (χ1) is 10.3. The molecular weight excluding hydrogens is 304 g/mol. The Kier molecular flexibility index (Phi) is 3.65. The smallest absolute Gasteiger partial charge is 0.308 e. The third kappa shape index (κ3) is 2.28. The summed E-state index contributed by atoms with van der Waals surface area (Å²) in [7, 11) is 0.149. The van der Waals surface area contributed by atoms with Crippen molar-refractivity contribution >= 4 is 21.7 Å². The van der Waals surface area contributed by atoms with Gasteiger partial charge in [0.05, 0.1) is 10.8 Å². The van der Waals surface area contributed by atoms with Gasteiger partial charge in [0.25, 0.3) is 0 Å². The number of anilines is 1. The molecule has 2 saturated heterocycles. The van der Waals surface area contributed by atoms with Crippen LogP contribution in [0.3, 0.4) is 0 Å². The van der Waals surface area contributed by atoms with Crippen molar-refractivity contribution in [1.82, 2.24) is 4.31 Å². The van der Waals surface area contributed by atoms with Crippen molar-refractivity contribution in [2.75, 3.05) is 19.0 Å². The third-order valence-electron chi connectivity index (χ3n) is 4.72. The predicted octanol–water partition coefficient (Wildman–Crippen LogP) is 1.38. The molecule has 0 amide bonds. The lowest BCUT2D eigenvalue weighted by Gasteiger charge is -2.23. The van der Waals surface area contributed by atoms with Gasteiger partial charge in [0.2, 0.25) is 10.0 Å². The first kappa shape index (κ1) is 15.3. The largest absolute Gasteiger partial charge is 0.481 e. The summed E-state index contributed by atoms with van der Waals surface area (Å²) in [4.78, 5) is 13.4. The van der Waals surface area contributed by atoms with E-state index in [9.17, 15) is 18.3 Å². The van der Waals surface area contributed by atoms with Gasteiger partial charge in [-0.15, -0.1) is 0 Å². The van der Waals surface area contributed by atoms with Gasteiger partial charge in [-0.25, -0.2) is 8.42 Å². The minimum absolute atomic E-state index is 0.176. The van der Waals surface area contributed by atoms with Gasteiger partial charge in [-0.05, 0) is 43.5 Å². The maximum absolute atomic E-state index is 12.9. The quantitative estimate of drug-likeness (QED) is 0.905. The van der Waals surface area contributed by atoms with E-state index in [2.05, 4.69) is 0 Å². The molecule has 2 bridgehead atoms. The number of benzene rings is 1. The van der Waals surface area contributed by atoms with E-state index in [1.54, 1.807) is 24.3 Å². The van der Waals surface area contributed by atoms with Crippen molar-refractivity contribution in [2.24, 2.45) is 5.92 Å². The maximum Gasteiger partial charge on any atom is 0.308 e. The van der Waals surface area contributed by atoms with E-state index in [0.717, 1.165) is 12.1 Å². The molecule has 1 aromatic rings. The number of carboxylic acid groups (broad SMARTS) is 1. The van der Waals surface area contributed by atoms with E-state index in [1.165, 1.54) is 4.31 Å². The summed E-state index contributed by atoms with van der Waals surface area (Å²) in [5.74, 6) is -1.47. The molecule has 0 aliphatic carbocycles. The molecule has 2 fully saturated rings. The normalized spacial score (nSPS) is 28.0.